The fourth-order valence-corrected chi connectivity index (χ4v) is 7.84. The molecule has 5 aliphatic carbocycles. The summed E-state index contributed by atoms with van der Waals surface area (Å²) >= 11 is 0. The summed E-state index contributed by atoms with van der Waals surface area (Å²) in [7, 11) is 0. The molecule has 0 radical (unpaired) electrons. The number of rotatable bonds is 2. The van der Waals surface area contributed by atoms with E-state index in [2.05, 4.69) is 13.8 Å². The highest BCUT2D eigenvalue weighted by molar-refractivity contribution is 5.08. The summed E-state index contributed by atoms with van der Waals surface area (Å²) in [5, 5.41) is 10.7. The van der Waals surface area contributed by atoms with Crippen molar-refractivity contribution >= 4 is 0 Å². The molecule has 5 rings (SSSR count). The van der Waals surface area contributed by atoms with Crippen LogP contribution in [0.4, 0.5) is 0 Å². The fraction of sp³-hybridized carbons (Fsp3) is 1.00. The van der Waals surface area contributed by atoms with Crippen molar-refractivity contribution in [1.82, 2.24) is 0 Å². The topological polar surface area (TPSA) is 29.5 Å². The molecule has 1 N–H and O–H groups in total. The van der Waals surface area contributed by atoms with Gasteiger partial charge in [0.1, 0.15) is 0 Å². The predicted molar refractivity (Wildman–Crippen MR) is 95.6 cm³/mol. The van der Waals surface area contributed by atoms with Crippen LogP contribution >= 0.6 is 0 Å². The van der Waals surface area contributed by atoms with Gasteiger partial charge < -0.3 is 9.84 Å². The molecule has 5 aliphatic rings. The summed E-state index contributed by atoms with van der Waals surface area (Å²) in [6, 6.07) is 0. The standard InChI is InChI=1S/C22H36O2/c1-21-10-3-4-17(21)16-8-5-14-12-19(23)20(24-15-6-7-15)13-22(14,2)18(16)9-11-21/h14-20,23H,3-13H2,1-2H3. The fourth-order valence-electron chi connectivity index (χ4n) is 7.84. The summed E-state index contributed by atoms with van der Waals surface area (Å²) in [6.07, 6.45) is 15.1. The van der Waals surface area contributed by atoms with Crippen molar-refractivity contribution in [2.75, 3.05) is 0 Å². The van der Waals surface area contributed by atoms with Crippen molar-refractivity contribution in [2.24, 2.45) is 34.5 Å². The van der Waals surface area contributed by atoms with E-state index in [1.807, 2.05) is 0 Å². The minimum absolute atomic E-state index is 0.120. The van der Waals surface area contributed by atoms with E-state index < -0.39 is 0 Å². The molecule has 136 valence electrons. The largest absolute Gasteiger partial charge is 0.390 e. The van der Waals surface area contributed by atoms with E-state index in [0.717, 1.165) is 36.5 Å². The highest BCUT2D eigenvalue weighted by Crippen LogP contribution is 2.66. The van der Waals surface area contributed by atoms with E-state index in [-0.39, 0.29) is 12.2 Å². The Morgan fingerprint density at radius 1 is 0.917 bits per heavy atom. The zero-order valence-corrected chi connectivity index (χ0v) is 15.7. The third-order valence-electron chi connectivity index (χ3n) is 9.33. The van der Waals surface area contributed by atoms with Crippen molar-refractivity contribution in [3.8, 4) is 0 Å². The lowest BCUT2D eigenvalue weighted by molar-refractivity contribution is -0.172. The molecule has 0 heterocycles. The molecule has 8 atom stereocenters. The Labute approximate surface area is 147 Å². The van der Waals surface area contributed by atoms with E-state index in [1.54, 1.807) is 0 Å². The normalized spacial score (nSPS) is 57.1. The van der Waals surface area contributed by atoms with Crippen LogP contribution in [0, 0.1) is 34.5 Å². The van der Waals surface area contributed by atoms with Gasteiger partial charge in [-0.05, 0) is 98.7 Å². The third-order valence-corrected chi connectivity index (χ3v) is 9.33. The Kier molecular flexibility index (Phi) is 3.67. The highest BCUT2D eigenvalue weighted by atomic mass is 16.5. The molecule has 2 nitrogen and oxygen atoms in total. The SMILES string of the molecule is CC12CCCC1C1CCC3CC(O)C(OC4CC4)CC3(C)C1CC2. The minimum Gasteiger partial charge on any atom is -0.390 e. The first-order valence-electron chi connectivity index (χ1n) is 10.8. The summed E-state index contributed by atoms with van der Waals surface area (Å²) in [4.78, 5) is 0. The predicted octanol–water partition coefficient (Wildman–Crippen LogP) is 4.94. The van der Waals surface area contributed by atoms with Crippen LogP contribution in [-0.4, -0.2) is 23.4 Å². The second-order valence-electron chi connectivity index (χ2n) is 10.6. The molecule has 24 heavy (non-hydrogen) atoms. The van der Waals surface area contributed by atoms with Crippen LogP contribution in [0.25, 0.3) is 0 Å². The summed E-state index contributed by atoms with van der Waals surface area (Å²) in [5.74, 6) is 3.58. The monoisotopic (exact) mass is 332 g/mol. The summed E-state index contributed by atoms with van der Waals surface area (Å²) in [6.45, 7) is 5.18. The van der Waals surface area contributed by atoms with Gasteiger partial charge in [-0.1, -0.05) is 20.3 Å². The Morgan fingerprint density at radius 2 is 1.75 bits per heavy atom. The van der Waals surface area contributed by atoms with Gasteiger partial charge in [0.2, 0.25) is 0 Å². The third kappa shape index (κ3) is 2.35. The number of fused-ring (bicyclic) bond motifs is 5. The van der Waals surface area contributed by atoms with Crippen LogP contribution in [0.5, 0.6) is 0 Å². The van der Waals surface area contributed by atoms with Gasteiger partial charge in [0, 0.05) is 0 Å². The van der Waals surface area contributed by atoms with Gasteiger partial charge in [-0.25, -0.2) is 0 Å². The maximum atomic E-state index is 10.7. The van der Waals surface area contributed by atoms with Crippen LogP contribution in [0.2, 0.25) is 0 Å². The van der Waals surface area contributed by atoms with Crippen LogP contribution in [0.15, 0.2) is 0 Å². The van der Waals surface area contributed by atoms with Crippen molar-refractivity contribution in [3.63, 3.8) is 0 Å². The van der Waals surface area contributed by atoms with Crippen LogP contribution in [0.1, 0.15) is 84.5 Å². The highest BCUT2D eigenvalue weighted by Gasteiger charge is 2.59. The number of hydrogen-bond donors (Lipinski definition) is 1. The average molecular weight is 333 g/mol. The van der Waals surface area contributed by atoms with Gasteiger partial charge in [-0.3, -0.25) is 0 Å². The van der Waals surface area contributed by atoms with Crippen molar-refractivity contribution in [1.29, 1.82) is 0 Å². The Morgan fingerprint density at radius 3 is 2.54 bits per heavy atom. The van der Waals surface area contributed by atoms with Crippen molar-refractivity contribution in [2.45, 2.75) is 103 Å². The zero-order valence-electron chi connectivity index (χ0n) is 15.7. The summed E-state index contributed by atoms with van der Waals surface area (Å²) < 4.78 is 6.26. The molecule has 0 aromatic heterocycles. The van der Waals surface area contributed by atoms with E-state index in [4.69, 9.17) is 4.74 Å². The number of aliphatic hydroxyl groups is 1. The number of ether oxygens (including phenoxy) is 1. The zero-order chi connectivity index (χ0) is 16.5. The van der Waals surface area contributed by atoms with Crippen LogP contribution in [0.3, 0.4) is 0 Å². The van der Waals surface area contributed by atoms with Crippen molar-refractivity contribution in [3.05, 3.63) is 0 Å². The van der Waals surface area contributed by atoms with Crippen molar-refractivity contribution < 1.29 is 9.84 Å². The van der Waals surface area contributed by atoms with Gasteiger partial charge in [0.25, 0.3) is 0 Å². The quantitative estimate of drug-likeness (QED) is 0.776. The molecular formula is C22H36O2. The lowest BCUT2D eigenvalue weighted by Gasteiger charge is -2.61. The van der Waals surface area contributed by atoms with Crippen LogP contribution < -0.4 is 0 Å². The van der Waals surface area contributed by atoms with E-state index >= 15 is 0 Å². The van der Waals surface area contributed by atoms with E-state index in [0.29, 0.717) is 16.9 Å². The maximum absolute atomic E-state index is 10.7. The molecule has 0 bridgehead atoms. The van der Waals surface area contributed by atoms with E-state index in [1.165, 1.54) is 57.8 Å². The van der Waals surface area contributed by atoms with Gasteiger partial charge in [-0.15, -0.1) is 0 Å². The molecule has 5 saturated carbocycles. The van der Waals surface area contributed by atoms with Gasteiger partial charge >= 0.3 is 0 Å². The molecule has 2 heteroatoms. The first kappa shape index (κ1) is 16.1. The maximum Gasteiger partial charge on any atom is 0.0843 e. The molecule has 8 unspecified atom stereocenters. The minimum atomic E-state index is -0.208. The summed E-state index contributed by atoms with van der Waals surface area (Å²) in [5.41, 5.74) is 1.08. The van der Waals surface area contributed by atoms with Crippen LogP contribution in [-0.2, 0) is 4.74 Å². The Balaban J connectivity index is 1.40. The van der Waals surface area contributed by atoms with Gasteiger partial charge in [-0.2, -0.15) is 0 Å². The molecule has 0 spiro atoms. The molecule has 0 aliphatic heterocycles. The molecular weight excluding hydrogens is 296 g/mol. The molecule has 5 fully saturated rings. The van der Waals surface area contributed by atoms with Gasteiger partial charge in [0.15, 0.2) is 0 Å². The Bertz CT molecular complexity index is 500. The Hall–Kier alpha value is -0.0800. The average Bonchev–Trinajstić information content (AvgIpc) is 3.26. The first-order valence-corrected chi connectivity index (χ1v) is 10.8. The number of hydrogen-bond acceptors (Lipinski definition) is 2. The number of aliphatic hydroxyl groups excluding tert-OH is 1. The smallest absolute Gasteiger partial charge is 0.0843 e. The molecule has 0 amide bonds. The molecule has 0 aromatic rings. The molecule has 0 saturated heterocycles. The lowest BCUT2D eigenvalue weighted by atomic mass is 9.45. The second-order valence-corrected chi connectivity index (χ2v) is 10.6. The first-order chi connectivity index (χ1) is 11.5. The lowest BCUT2D eigenvalue weighted by Crippen LogP contribution is -2.56. The molecule has 0 aromatic carbocycles. The second kappa shape index (κ2) is 5.46. The van der Waals surface area contributed by atoms with E-state index in [9.17, 15) is 5.11 Å². The van der Waals surface area contributed by atoms with Gasteiger partial charge in [0.05, 0.1) is 18.3 Å².